The van der Waals surface area contributed by atoms with Crippen molar-refractivity contribution in [1.29, 1.82) is 0 Å². The van der Waals surface area contributed by atoms with Crippen LogP contribution >= 0.6 is 0 Å². The summed E-state index contributed by atoms with van der Waals surface area (Å²) >= 11 is 0. The SMILES string of the molecule is CCCC(NC(=O)C(C)(C)C)c1ccc(C)o1. The summed E-state index contributed by atoms with van der Waals surface area (Å²) in [7, 11) is 0. The summed E-state index contributed by atoms with van der Waals surface area (Å²) in [6.45, 7) is 9.76. The number of carbonyl (C=O) groups excluding carboxylic acids is 1. The molecule has 1 rings (SSSR count). The third-order valence-corrected chi connectivity index (χ3v) is 2.67. The van der Waals surface area contributed by atoms with Crippen LogP contribution in [0.1, 0.15) is 58.1 Å². The highest BCUT2D eigenvalue weighted by Gasteiger charge is 2.25. The van der Waals surface area contributed by atoms with Gasteiger partial charge in [0, 0.05) is 5.41 Å². The summed E-state index contributed by atoms with van der Waals surface area (Å²) < 4.78 is 5.60. The predicted octanol–water partition coefficient (Wildman–Crippen LogP) is 3.59. The van der Waals surface area contributed by atoms with Gasteiger partial charge in [-0.15, -0.1) is 0 Å². The van der Waals surface area contributed by atoms with Crippen molar-refractivity contribution in [2.45, 2.75) is 53.5 Å². The van der Waals surface area contributed by atoms with Gasteiger partial charge in [-0.1, -0.05) is 34.1 Å². The van der Waals surface area contributed by atoms with E-state index >= 15 is 0 Å². The van der Waals surface area contributed by atoms with E-state index in [9.17, 15) is 4.79 Å². The molecule has 0 bridgehead atoms. The molecule has 3 nitrogen and oxygen atoms in total. The Kier molecular flexibility index (Phi) is 4.38. The highest BCUT2D eigenvalue weighted by atomic mass is 16.3. The van der Waals surface area contributed by atoms with Gasteiger partial charge in [-0.3, -0.25) is 4.79 Å². The molecule has 0 saturated carbocycles. The van der Waals surface area contributed by atoms with Gasteiger partial charge in [-0.25, -0.2) is 0 Å². The van der Waals surface area contributed by atoms with Gasteiger partial charge in [-0.2, -0.15) is 0 Å². The van der Waals surface area contributed by atoms with E-state index in [0.717, 1.165) is 24.4 Å². The van der Waals surface area contributed by atoms with E-state index in [1.807, 2.05) is 39.8 Å². The minimum Gasteiger partial charge on any atom is -0.464 e. The van der Waals surface area contributed by atoms with Crippen molar-refractivity contribution in [3.63, 3.8) is 0 Å². The fourth-order valence-corrected chi connectivity index (χ4v) is 1.59. The molecular weight excluding hydrogens is 214 g/mol. The molecule has 1 heterocycles. The van der Waals surface area contributed by atoms with Crippen LogP contribution in [0.25, 0.3) is 0 Å². The fraction of sp³-hybridized carbons (Fsp3) is 0.643. The van der Waals surface area contributed by atoms with Crippen LogP contribution in [0, 0.1) is 12.3 Å². The van der Waals surface area contributed by atoms with Crippen LogP contribution in [0.2, 0.25) is 0 Å². The minimum atomic E-state index is -0.367. The number of nitrogens with one attached hydrogen (secondary N) is 1. The summed E-state index contributed by atoms with van der Waals surface area (Å²) in [5.74, 6) is 1.79. The molecule has 1 aromatic heterocycles. The van der Waals surface area contributed by atoms with E-state index in [0.29, 0.717) is 0 Å². The number of hydrogen-bond acceptors (Lipinski definition) is 2. The van der Waals surface area contributed by atoms with E-state index in [-0.39, 0.29) is 17.4 Å². The zero-order valence-electron chi connectivity index (χ0n) is 11.5. The lowest BCUT2D eigenvalue weighted by molar-refractivity contribution is -0.129. The molecular formula is C14H23NO2. The van der Waals surface area contributed by atoms with Crippen LogP contribution in [-0.2, 0) is 4.79 Å². The monoisotopic (exact) mass is 237 g/mol. The molecule has 1 amide bonds. The molecule has 0 radical (unpaired) electrons. The van der Waals surface area contributed by atoms with Gasteiger partial charge in [0.25, 0.3) is 0 Å². The largest absolute Gasteiger partial charge is 0.464 e. The third-order valence-electron chi connectivity index (χ3n) is 2.67. The lowest BCUT2D eigenvalue weighted by atomic mass is 9.94. The Morgan fingerprint density at radius 3 is 2.47 bits per heavy atom. The second-order valence-electron chi connectivity index (χ2n) is 5.51. The maximum absolute atomic E-state index is 12.0. The van der Waals surface area contributed by atoms with Gasteiger partial charge in [0.1, 0.15) is 11.5 Å². The summed E-state index contributed by atoms with van der Waals surface area (Å²) in [5, 5.41) is 3.05. The first-order chi connectivity index (χ1) is 7.84. The Morgan fingerprint density at radius 2 is 2.06 bits per heavy atom. The second kappa shape index (κ2) is 5.39. The summed E-state index contributed by atoms with van der Waals surface area (Å²) in [6.07, 6.45) is 1.91. The zero-order chi connectivity index (χ0) is 13.1. The smallest absolute Gasteiger partial charge is 0.225 e. The highest BCUT2D eigenvalue weighted by molar-refractivity contribution is 5.81. The Balaban J connectivity index is 2.77. The Bertz CT molecular complexity index is 374. The second-order valence-corrected chi connectivity index (χ2v) is 5.51. The predicted molar refractivity (Wildman–Crippen MR) is 68.7 cm³/mol. The van der Waals surface area contributed by atoms with E-state index in [2.05, 4.69) is 12.2 Å². The molecule has 0 aliphatic heterocycles. The van der Waals surface area contributed by atoms with Crippen LogP contribution in [0.4, 0.5) is 0 Å². The first-order valence-corrected chi connectivity index (χ1v) is 6.22. The molecule has 1 N–H and O–H groups in total. The Hall–Kier alpha value is -1.25. The van der Waals surface area contributed by atoms with Crippen LogP contribution in [0.5, 0.6) is 0 Å². The first kappa shape index (κ1) is 13.8. The maximum Gasteiger partial charge on any atom is 0.225 e. The van der Waals surface area contributed by atoms with Crippen molar-refractivity contribution in [2.24, 2.45) is 5.41 Å². The molecule has 0 aromatic carbocycles. The van der Waals surface area contributed by atoms with Crippen molar-refractivity contribution in [1.82, 2.24) is 5.32 Å². The molecule has 1 unspecified atom stereocenters. The van der Waals surface area contributed by atoms with Crippen LogP contribution in [0.3, 0.4) is 0 Å². The highest BCUT2D eigenvalue weighted by Crippen LogP contribution is 2.23. The maximum atomic E-state index is 12.0. The summed E-state index contributed by atoms with van der Waals surface area (Å²) in [4.78, 5) is 12.0. The average Bonchev–Trinajstić information content (AvgIpc) is 2.62. The zero-order valence-corrected chi connectivity index (χ0v) is 11.5. The van der Waals surface area contributed by atoms with Crippen molar-refractivity contribution in [3.8, 4) is 0 Å². The van der Waals surface area contributed by atoms with Crippen molar-refractivity contribution >= 4 is 5.91 Å². The van der Waals surface area contributed by atoms with Crippen LogP contribution in [-0.4, -0.2) is 5.91 Å². The van der Waals surface area contributed by atoms with Crippen molar-refractivity contribution < 1.29 is 9.21 Å². The molecule has 0 aliphatic carbocycles. The van der Waals surface area contributed by atoms with Gasteiger partial charge < -0.3 is 9.73 Å². The van der Waals surface area contributed by atoms with Gasteiger partial charge >= 0.3 is 0 Å². The normalized spacial score (nSPS) is 13.5. The quantitative estimate of drug-likeness (QED) is 0.869. The van der Waals surface area contributed by atoms with Crippen molar-refractivity contribution in [2.75, 3.05) is 0 Å². The van der Waals surface area contributed by atoms with Gasteiger partial charge in [0.05, 0.1) is 6.04 Å². The number of rotatable bonds is 4. The van der Waals surface area contributed by atoms with E-state index in [1.54, 1.807) is 0 Å². The van der Waals surface area contributed by atoms with Crippen LogP contribution in [0.15, 0.2) is 16.5 Å². The molecule has 0 aliphatic rings. The summed E-state index contributed by atoms with van der Waals surface area (Å²) in [6, 6.07) is 3.86. The fourth-order valence-electron chi connectivity index (χ4n) is 1.59. The topological polar surface area (TPSA) is 42.2 Å². The van der Waals surface area contributed by atoms with Gasteiger partial charge in [0.2, 0.25) is 5.91 Å². The lowest BCUT2D eigenvalue weighted by Gasteiger charge is -2.23. The number of furan rings is 1. The minimum absolute atomic E-state index is 0.0135. The Labute approximate surface area is 104 Å². The van der Waals surface area contributed by atoms with Gasteiger partial charge in [0.15, 0.2) is 0 Å². The number of aryl methyl sites for hydroxylation is 1. The summed E-state index contributed by atoms with van der Waals surface area (Å²) in [5.41, 5.74) is -0.367. The van der Waals surface area contributed by atoms with E-state index in [1.165, 1.54) is 0 Å². The number of amides is 1. The van der Waals surface area contributed by atoms with Crippen molar-refractivity contribution in [3.05, 3.63) is 23.7 Å². The first-order valence-electron chi connectivity index (χ1n) is 6.22. The molecule has 3 heteroatoms. The molecule has 0 spiro atoms. The standard InChI is InChI=1S/C14H23NO2/c1-6-7-11(12-9-8-10(2)17-12)15-13(16)14(3,4)5/h8-9,11H,6-7H2,1-5H3,(H,15,16). The molecule has 96 valence electrons. The molecule has 1 aromatic rings. The average molecular weight is 237 g/mol. The number of hydrogen-bond donors (Lipinski definition) is 1. The number of carbonyl (C=O) groups is 1. The lowest BCUT2D eigenvalue weighted by Crippen LogP contribution is -2.37. The van der Waals surface area contributed by atoms with E-state index in [4.69, 9.17) is 4.42 Å². The molecule has 17 heavy (non-hydrogen) atoms. The third kappa shape index (κ3) is 3.91. The molecule has 0 fully saturated rings. The van der Waals surface area contributed by atoms with E-state index < -0.39 is 0 Å². The molecule has 1 atom stereocenters. The van der Waals surface area contributed by atoms with Gasteiger partial charge in [-0.05, 0) is 25.5 Å². The molecule has 0 saturated heterocycles. The Morgan fingerprint density at radius 1 is 1.41 bits per heavy atom. The van der Waals surface area contributed by atoms with Crippen LogP contribution < -0.4 is 5.32 Å².